The highest BCUT2D eigenvalue weighted by Crippen LogP contribution is 2.55. The fraction of sp³-hybridized carbons (Fsp3) is 0.333. The highest BCUT2D eigenvalue weighted by Gasteiger charge is 2.42. The fourth-order valence-electron chi connectivity index (χ4n) is 8.80. The average Bonchev–Trinajstić information content (AvgIpc) is 3.46. The van der Waals surface area contributed by atoms with Gasteiger partial charge in [-0.05, 0) is 107 Å². The van der Waals surface area contributed by atoms with Gasteiger partial charge in [0, 0.05) is 29.8 Å². The SMILES string of the molecule is CCCCCCC1(CCCCCC)c2cc(-c3ccc(N(C)c4ccc(-c5ccccc5)cc4)cc3)ccc2-c2ccc(C3C=CC(C)=CC3)cc21. The van der Waals surface area contributed by atoms with Gasteiger partial charge in [0.1, 0.15) is 0 Å². The predicted octanol–water partition coefficient (Wildman–Crippen LogP) is 15.0. The molecule has 0 saturated heterocycles. The molecule has 2 aliphatic rings. The highest BCUT2D eigenvalue weighted by atomic mass is 15.1. The van der Waals surface area contributed by atoms with Crippen molar-refractivity contribution in [3.05, 3.63) is 156 Å². The molecular weight excluding hydrogens is 627 g/mol. The molecule has 1 atom stereocenters. The summed E-state index contributed by atoms with van der Waals surface area (Å²) in [7, 11) is 2.17. The number of hydrogen-bond acceptors (Lipinski definition) is 1. The summed E-state index contributed by atoms with van der Waals surface area (Å²) >= 11 is 0. The van der Waals surface area contributed by atoms with Crippen molar-refractivity contribution < 1.29 is 0 Å². The van der Waals surface area contributed by atoms with Crippen molar-refractivity contribution in [2.45, 2.75) is 103 Å². The Kier molecular flexibility index (Phi) is 11.3. The van der Waals surface area contributed by atoms with E-state index in [1.54, 1.807) is 11.1 Å². The van der Waals surface area contributed by atoms with Gasteiger partial charge in [0.05, 0.1) is 0 Å². The second-order valence-corrected chi connectivity index (χ2v) is 15.4. The van der Waals surface area contributed by atoms with E-state index in [1.807, 2.05) is 0 Å². The minimum Gasteiger partial charge on any atom is -0.345 e. The maximum atomic E-state index is 2.63. The third-order valence-electron chi connectivity index (χ3n) is 12.0. The number of unbranched alkanes of at least 4 members (excludes halogenated alkanes) is 6. The quantitative estimate of drug-likeness (QED) is 0.0993. The molecule has 0 aliphatic heterocycles. The third-order valence-corrected chi connectivity index (χ3v) is 12.0. The Morgan fingerprint density at radius 3 is 1.69 bits per heavy atom. The van der Waals surface area contributed by atoms with Gasteiger partial charge in [0.2, 0.25) is 0 Å². The Bertz CT molecular complexity index is 1980. The van der Waals surface area contributed by atoms with Crippen molar-refractivity contribution in [2.75, 3.05) is 11.9 Å². The lowest BCUT2D eigenvalue weighted by Gasteiger charge is -2.34. The number of fused-ring (bicyclic) bond motifs is 3. The predicted molar refractivity (Wildman–Crippen MR) is 226 cm³/mol. The number of benzene rings is 5. The lowest BCUT2D eigenvalue weighted by molar-refractivity contribution is 0.400. The minimum atomic E-state index is 0.0639. The van der Waals surface area contributed by atoms with Crippen LogP contribution in [0.2, 0.25) is 0 Å². The molecule has 0 spiro atoms. The van der Waals surface area contributed by atoms with E-state index in [0.29, 0.717) is 5.92 Å². The van der Waals surface area contributed by atoms with Gasteiger partial charge >= 0.3 is 0 Å². The van der Waals surface area contributed by atoms with Gasteiger partial charge in [0.15, 0.2) is 0 Å². The van der Waals surface area contributed by atoms with Crippen molar-refractivity contribution in [1.29, 1.82) is 0 Å². The summed E-state index contributed by atoms with van der Waals surface area (Å²) in [6, 6.07) is 43.7. The fourth-order valence-corrected chi connectivity index (χ4v) is 8.80. The topological polar surface area (TPSA) is 3.24 Å². The molecule has 7 rings (SSSR count). The molecule has 5 aromatic carbocycles. The highest BCUT2D eigenvalue weighted by molar-refractivity contribution is 5.84. The van der Waals surface area contributed by atoms with Gasteiger partial charge in [-0.15, -0.1) is 0 Å². The number of rotatable bonds is 15. The zero-order valence-electron chi connectivity index (χ0n) is 32.0. The molecule has 0 fully saturated rings. The Hall–Kier alpha value is -4.62. The van der Waals surface area contributed by atoms with Gasteiger partial charge in [-0.1, -0.05) is 174 Å². The van der Waals surface area contributed by atoms with E-state index < -0.39 is 0 Å². The zero-order chi connectivity index (χ0) is 35.9. The normalized spacial score (nSPS) is 15.6. The molecule has 0 N–H and O–H groups in total. The van der Waals surface area contributed by atoms with Crippen molar-refractivity contribution in [3.8, 4) is 33.4 Å². The Balaban J connectivity index is 1.21. The summed E-state index contributed by atoms with van der Waals surface area (Å²) in [6.45, 7) is 6.88. The van der Waals surface area contributed by atoms with Crippen molar-refractivity contribution >= 4 is 11.4 Å². The van der Waals surface area contributed by atoms with Crippen LogP contribution in [0.25, 0.3) is 33.4 Å². The molecule has 1 heteroatoms. The van der Waals surface area contributed by atoms with E-state index in [-0.39, 0.29) is 5.41 Å². The lowest BCUT2D eigenvalue weighted by atomic mass is 9.69. The molecule has 0 heterocycles. The second kappa shape index (κ2) is 16.4. The van der Waals surface area contributed by atoms with Crippen LogP contribution in [0.1, 0.15) is 114 Å². The van der Waals surface area contributed by atoms with Crippen LogP contribution in [0, 0.1) is 0 Å². The monoisotopic (exact) mass is 683 g/mol. The molecule has 5 aromatic rings. The smallest absolute Gasteiger partial charge is 0.0408 e. The molecular formula is C51H57N. The summed E-state index contributed by atoms with van der Waals surface area (Å²) < 4.78 is 0. The van der Waals surface area contributed by atoms with Crippen molar-refractivity contribution in [1.82, 2.24) is 0 Å². The molecule has 266 valence electrons. The summed E-state index contributed by atoms with van der Waals surface area (Å²) in [4.78, 5) is 2.28. The standard InChI is InChI=1S/C51H57N/c1-5-7-9-14-34-51(35-15-10-8-6-2)49-36-43(41-20-18-38(3)19-21-41)26-32-47(49)48-33-27-44(37-50(48)51)42-24-30-46(31-25-42)52(4)45-28-22-40(23-29-45)39-16-12-11-13-17-39/h11-13,16-20,22-33,36-37,41H,5-10,14-15,21,34-35H2,1-4H3. The van der Waals surface area contributed by atoms with Crippen molar-refractivity contribution in [3.63, 3.8) is 0 Å². The summed E-state index contributed by atoms with van der Waals surface area (Å²) in [5, 5.41) is 0. The molecule has 0 saturated carbocycles. The molecule has 0 bridgehead atoms. The Labute approximate surface area is 314 Å². The van der Waals surface area contributed by atoms with Gasteiger partial charge in [0.25, 0.3) is 0 Å². The molecule has 2 aliphatic carbocycles. The van der Waals surface area contributed by atoms with Crippen LogP contribution in [-0.2, 0) is 5.41 Å². The van der Waals surface area contributed by atoms with E-state index in [2.05, 4.69) is 166 Å². The molecule has 0 amide bonds. The first kappa shape index (κ1) is 35.8. The van der Waals surface area contributed by atoms with E-state index in [1.165, 1.54) is 120 Å². The first-order valence-corrected chi connectivity index (χ1v) is 20.1. The molecule has 0 radical (unpaired) electrons. The third kappa shape index (κ3) is 7.47. The number of allylic oxidation sites excluding steroid dienone is 4. The van der Waals surface area contributed by atoms with Crippen LogP contribution >= 0.6 is 0 Å². The summed E-state index contributed by atoms with van der Waals surface area (Å²) in [5.74, 6) is 0.463. The zero-order valence-corrected chi connectivity index (χ0v) is 32.0. The number of hydrogen-bond donors (Lipinski definition) is 0. The van der Waals surface area contributed by atoms with E-state index in [0.717, 1.165) is 6.42 Å². The summed E-state index contributed by atoms with van der Waals surface area (Å²) in [6.07, 6.45) is 21.1. The second-order valence-electron chi connectivity index (χ2n) is 15.4. The van der Waals surface area contributed by atoms with Crippen LogP contribution in [0.5, 0.6) is 0 Å². The number of anilines is 2. The van der Waals surface area contributed by atoms with Crippen LogP contribution in [0.4, 0.5) is 11.4 Å². The molecule has 1 unspecified atom stereocenters. The minimum absolute atomic E-state index is 0.0639. The van der Waals surface area contributed by atoms with Crippen LogP contribution in [0.3, 0.4) is 0 Å². The largest absolute Gasteiger partial charge is 0.345 e. The van der Waals surface area contributed by atoms with E-state index >= 15 is 0 Å². The molecule has 52 heavy (non-hydrogen) atoms. The van der Waals surface area contributed by atoms with Gasteiger partial charge in [-0.2, -0.15) is 0 Å². The van der Waals surface area contributed by atoms with Gasteiger partial charge < -0.3 is 4.90 Å². The maximum absolute atomic E-state index is 2.63. The molecule has 0 aromatic heterocycles. The average molecular weight is 684 g/mol. The number of nitrogens with zero attached hydrogens (tertiary/aromatic N) is 1. The maximum Gasteiger partial charge on any atom is 0.0408 e. The first-order chi connectivity index (χ1) is 25.5. The van der Waals surface area contributed by atoms with Gasteiger partial charge in [-0.3, -0.25) is 0 Å². The van der Waals surface area contributed by atoms with Gasteiger partial charge in [-0.25, -0.2) is 0 Å². The molecule has 1 nitrogen and oxygen atoms in total. The van der Waals surface area contributed by atoms with Crippen LogP contribution in [-0.4, -0.2) is 7.05 Å². The van der Waals surface area contributed by atoms with E-state index in [9.17, 15) is 0 Å². The van der Waals surface area contributed by atoms with E-state index in [4.69, 9.17) is 0 Å². The Morgan fingerprint density at radius 1 is 0.577 bits per heavy atom. The Morgan fingerprint density at radius 2 is 1.12 bits per heavy atom. The van der Waals surface area contributed by atoms with Crippen LogP contribution < -0.4 is 4.90 Å². The summed E-state index contributed by atoms with van der Waals surface area (Å²) in [5.41, 5.74) is 16.5. The van der Waals surface area contributed by atoms with Crippen molar-refractivity contribution in [2.24, 2.45) is 0 Å². The van der Waals surface area contributed by atoms with Crippen LogP contribution in [0.15, 0.2) is 139 Å². The first-order valence-electron chi connectivity index (χ1n) is 20.1. The lowest BCUT2D eigenvalue weighted by Crippen LogP contribution is -2.26.